The minimum absolute atomic E-state index is 0.00901. The standard InChI is InChI=1S/C14H20N2O3/c15-12-3-5-13(6-4-12)19-9-7-16-14(17)11-2-1-8-18-10-11/h3-6,11H,1-2,7-10,15H2,(H,16,17). The van der Waals surface area contributed by atoms with E-state index in [0.29, 0.717) is 25.4 Å². The maximum absolute atomic E-state index is 11.8. The van der Waals surface area contributed by atoms with Crippen LogP contribution in [0.5, 0.6) is 5.75 Å². The van der Waals surface area contributed by atoms with Crippen LogP contribution in [0.4, 0.5) is 5.69 Å². The summed E-state index contributed by atoms with van der Waals surface area (Å²) < 4.78 is 10.8. The molecule has 19 heavy (non-hydrogen) atoms. The quantitative estimate of drug-likeness (QED) is 0.619. The zero-order valence-electron chi connectivity index (χ0n) is 10.9. The van der Waals surface area contributed by atoms with Gasteiger partial charge in [-0.1, -0.05) is 0 Å². The Morgan fingerprint density at radius 3 is 2.89 bits per heavy atom. The summed E-state index contributed by atoms with van der Waals surface area (Å²) in [7, 11) is 0. The fourth-order valence-corrected chi connectivity index (χ4v) is 2.00. The van der Waals surface area contributed by atoms with Gasteiger partial charge in [-0.25, -0.2) is 0 Å². The van der Waals surface area contributed by atoms with Crippen molar-refractivity contribution in [3.63, 3.8) is 0 Å². The Hall–Kier alpha value is -1.75. The maximum atomic E-state index is 11.8. The van der Waals surface area contributed by atoms with Gasteiger partial charge in [0.05, 0.1) is 19.1 Å². The summed E-state index contributed by atoms with van der Waals surface area (Å²) in [6.45, 7) is 2.25. The van der Waals surface area contributed by atoms with Gasteiger partial charge in [0.2, 0.25) is 5.91 Å². The molecule has 0 aliphatic carbocycles. The van der Waals surface area contributed by atoms with Gasteiger partial charge in [-0.3, -0.25) is 4.79 Å². The van der Waals surface area contributed by atoms with E-state index in [9.17, 15) is 4.79 Å². The Balaban J connectivity index is 1.63. The number of nitrogen functional groups attached to an aromatic ring is 1. The molecular weight excluding hydrogens is 244 g/mol. The number of hydrogen-bond donors (Lipinski definition) is 2. The van der Waals surface area contributed by atoms with Crippen LogP contribution in [-0.2, 0) is 9.53 Å². The van der Waals surface area contributed by atoms with Crippen molar-refractivity contribution in [2.24, 2.45) is 5.92 Å². The monoisotopic (exact) mass is 264 g/mol. The number of nitrogens with two attached hydrogens (primary N) is 1. The van der Waals surface area contributed by atoms with Gasteiger partial charge >= 0.3 is 0 Å². The first kappa shape index (κ1) is 13.7. The molecule has 1 amide bonds. The number of nitrogens with one attached hydrogen (secondary N) is 1. The lowest BCUT2D eigenvalue weighted by Gasteiger charge is -2.21. The van der Waals surface area contributed by atoms with Crippen LogP contribution in [0, 0.1) is 5.92 Å². The van der Waals surface area contributed by atoms with E-state index in [0.717, 1.165) is 25.2 Å². The largest absolute Gasteiger partial charge is 0.492 e. The number of carbonyl (C=O) groups excluding carboxylic acids is 1. The second-order valence-corrected chi connectivity index (χ2v) is 4.62. The van der Waals surface area contributed by atoms with Crippen LogP contribution in [0.1, 0.15) is 12.8 Å². The number of amides is 1. The molecule has 5 nitrogen and oxygen atoms in total. The van der Waals surface area contributed by atoms with Crippen molar-refractivity contribution in [2.45, 2.75) is 12.8 Å². The van der Waals surface area contributed by atoms with Crippen molar-refractivity contribution < 1.29 is 14.3 Å². The summed E-state index contributed by atoms with van der Waals surface area (Å²) >= 11 is 0. The number of hydrogen-bond acceptors (Lipinski definition) is 4. The Bertz CT molecular complexity index is 400. The van der Waals surface area contributed by atoms with Crippen molar-refractivity contribution in [2.75, 3.05) is 32.1 Å². The molecule has 1 unspecified atom stereocenters. The first-order valence-corrected chi connectivity index (χ1v) is 6.59. The second-order valence-electron chi connectivity index (χ2n) is 4.62. The molecule has 0 radical (unpaired) electrons. The average molecular weight is 264 g/mol. The molecule has 5 heteroatoms. The van der Waals surface area contributed by atoms with Crippen molar-refractivity contribution >= 4 is 11.6 Å². The Labute approximate surface area is 113 Å². The molecule has 1 aromatic carbocycles. The topological polar surface area (TPSA) is 73.6 Å². The molecule has 1 aliphatic heterocycles. The van der Waals surface area contributed by atoms with Gasteiger partial charge < -0.3 is 20.5 Å². The first-order valence-electron chi connectivity index (χ1n) is 6.59. The average Bonchev–Trinajstić information content (AvgIpc) is 2.46. The first-order chi connectivity index (χ1) is 9.25. The summed E-state index contributed by atoms with van der Waals surface area (Å²) in [4.78, 5) is 11.8. The van der Waals surface area contributed by atoms with Gasteiger partial charge in [-0.05, 0) is 37.1 Å². The lowest BCUT2D eigenvalue weighted by Crippen LogP contribution is -2.37. The maximum Gasteiger partial charge on any atom is 0.225 e. The minimum atomic E-state index is -0.00901. The fraction of sp³-hybridized carbons (Fsp3) is 0.500. The van der Waals surface area contributed by atoms with Crippen LogP contribution in [0.3, 0.4) is 0 Å². The lowest BCUT2D eigenvalue weighted by atomic mass is 10.0. The van der Waals surface area contributed by atoms with Crippen LogP contribution in [0.25, 0.3) is 0 Å². The molecule has 1 atom stereocenters. The van der Waals surface area contributed by atoms with E-state index in [-0.39, 0.29) is 11.8 Å². The Morgan fingerprint density at radius 2 is 2.21 bits per heavy atom. The van der Waals surface area contributed by atoms with Gasteiger partial charge in [0, 0.05) is 12.3 Å². The highest BCUT2D eigenvalue weighted by molar-refractivity contribution is 5.78. The predicted molar refractivity (Wildman–Crippen MR) is 72.9 cm³/mol. The molecule has 1 heterocycles. The van der Waals surface area contributed by atoms with Gasteiger partial charge in [0.15, 0.2) is 0 Å². The number of ether oxygens (including phenoxy) is 2. The van der Waals surface area contributed by atoms with Crippen molar-refractivity contribution in [3.05, 3.63) is 24.3 Å². The fourth-order valence-electron chi connectivity index (χ4n) is 2.00. The van der Waals surface area contributed by atoms with E-state index in [4.69, 9.17) is 15.2 Å². The molecule has 0 saturated carbocycles. The molecular formula is C14H20N2O3. The number of benzene rings is 1. The summed E-state index contributed by atoms with van der Waals surface area (Å²) in [6.07, 6.45) is 1.87. The number of rotatable bonds is 5. The van der Waals surface area contributed by atoms with E-state index in [1.54, 1.807) is 12.1 Å². The Morgan fingerprint density at radius 1 is 1.42 bits per heavy atom. The molecule has 2 rings (SSSR count). The molecule has 1 saturated heterocycles. The van der Waals surface area contributed by atoms with Crippen molar-refractivity contribution in [3.8, 4) is 5.75 Å². The molecule has 0 bridgehead atoms. The zero-order chi connectivity index (χ0) is 13.5. The van der Waals surface area contributed by atoms with Crippen molar-refractivity contribution in [1.82, 2.24) is 5.32 Å². The Kier molecular flexibility index (Phi) is 5.03. The lowest BCUT2D eigenvalue weighted by molar-refractivity contribution is -0.129. The normalized spacial score (nSPS) is 18.8. The number of anilines is 1. The molecule has 104 valence electrons. The third-order valence-electron chi connectivity index (χ3n) is 3.08. The molecule has 0 spiro atoms. The third kappa shape index (κ3) is 4.44. The van der Waals surface area contributed by atoms with Crippen LogP contribution < -0.4 is 15.8 Å². The highest BCUT2D eigenvalue weighted by Crippen LogP contribution is 2.14. The highest BCUT2D eigenvalue weighted by Gasteiger charge is 2.20. The SMILES string of the molecule is Nc1ccc(OCCNC(=O)C2CCCOC2)cc1. The molecule has 1 fully saturated rings. The van der Waals surface area contributed by atoms with E-state index in [1.807, 2.05) is 12.1 Å². The van der Waals surface area contributed by atoms with Crippen LogP contribution in [-0.4, -0.2) is 32.3 Å². The zero-order valence-corrected chi connectivity index (χ0v) is 10.9. The predicted octanol–water partition coefficient (Wildman–Crippen LogP) is 1.19. The van der Waals surface area contributed by atoms with Gasteiger partial charge in [0.25, 0.3) is 0 Å². The smallest absolute Gasteiger partial charge is 0.225 e. The van der Waals surface area contributed by atoms with Crippen LogP contribution in [0.2, 0.25) is 0 Å². The molecule has 0 aromatic heterocycles. The van der Waals surface area contributed by atoms with Gasteiger partial charge in [-0.15, -0.1) is 0 Å². The molecule has 1 aliphatic rings. The summed E-state index contributed by atoms with van der Waals surface area (Å²) in [5.41, 5.74) is 6.29. The van der Waals surface area contributed by atoms with E-state index in [1.165, 1.54) is 0 Å². The van der Waals surface area contributed by atoms with Gasteiger partial charge in [-0.2, -0.15) is 0 Å². The van der Waals surface area contributed by atoms with Crippen LogP contribution >= 0.6 is 0 Å². The summed E-state index contributed by atoms with van der Waals surface area (Å²) in [5.74, 6) is 0.801. The summed E-state index contributed by atoms with van der Waals surface area (Å²) in [6, 6.07) is 7.19. The van der Waals surface area contributed by atoms with Crippen molar-refractivity contribution in [1.29, 1.82) is 0 Å². The summed E-state index contributed by atoms with van der Waals surface area (Å²) in [5, 5.41) is 2.87. The van der Waals surface area contributed by atoms with Crippen LogP contribution in [0.15, 0.2) is 24.3 Å². The number of carbonyl (C=O) groups is 1. The second kappa shape index (κ2) is 6.99. The van der Waals surface area contributed by atoms with Gasteiger partial charge in [0.1, 0.15) is 12.4 Å². The van der Waals surface area contributed by atoms with E-state index < -0.39 is 0 Å². The third-order valence-corrected chi connectivity index (χ3v) is 3.08. The molecule has 1 aromatic rings. The van der Waals surface area contributed by atoms with E-state index >= 15 is 0 Å². The highest BCUT2D eigenvalue weighted by atomic mass is 16.5. The van der Waals surface area contributed by atoms with E-state index in [2.05, 4.69) is 5.32 Å². The molecule has 3 N–H and O–H groups in total. The minimum Gasteiger partial charge on any atom is -0.492 e.